The highest BCUT2D eigenvalue weighted by molar-refractivity contribution is 7.80. The lowest BCUT2D eigenvalue weighted by atomic mass is 10.3. The van der Waals surface area contributed by atoms with E-state index in [4.69, 9.17) is 17.0 Å². The van der Waals surface area contributed by atoms with Crippen molar-refractivity contribution in [3.63, 3.8) is 0 Å². The number of thiocarbonyl (C=S) groups is 1. The van der Waals surface area contributed by atoms with Crippen molar-refractivity contribution < 1.29 is 4.74 Å². The van der Waals surface area contributed by atoms with Crippen LogP contribution in [0.1, 0.15) is 20.3 Å². The van der Waals surface area contributed by atoms with E-state index in [0.29, 0.717) is 17.9 Å². The molecule has 0 aliphatic rings. The normalized spacial score (nSPS) is 12.2. The van der Waals surface area contributed by atoms with E-state index in [1.54, 1.807) is 18.0 Å². The van der Waals surface area contributed by atoms with Gasteiger partial charge in [-0.1, -0.05) is 6.92 Å². The molecule has 0 fully saturated rings. The van der Waals surface area contributed by atoms with Gasteiger partial charge >= 0.3 is 0 Å². The molecule has 6 heteroatoms. The number of nitrogens with one attached hydrogen (secondary N) is 2. The van der Waals surface area contributed by atoms with Crippen molar-refractivity contribution in [2.75, 3.05) is 12.4 Å². The average molecular weight is 242 g/mol. The molecule has 0 aliphatic heterocycles. The van der Waals surface area contributed by atoms with E-state index in [9.17, 15) is 0 Å². The molecular formula is C10H18N4OS. The Labute approximate surface area is 101 Å². The fraction of sp³-hybridized carbons (Fsp3) is 0.600. The maximum Gasteiger partial charge on any atom is 0.171 e. The summed E-state index contributed by atoms with van der Waals surface area (Å²) in [5, 5.41) is 11.0. The van der Waals surface area contributed by atoms with Gasteiger partial charge in [-0.05, 0) is 25.6 Å². The Balaban J connectivity index is 2.43. The molecule has 16 heavy (non-hydrogen) atoms. The molecule has 0 aromatic carbocycles. The van der Waals surface area contributed by atoms with Crippen molar-refractivity contribution >= 4 is 23.0 Å². The van der Waals surface area contributed by atoms with Crippen LogP contribution < -0.4 is 10.6 Å². The summed E-state index contributed by atoms with van der Waals surface area (Å²) >= 11 is 5.16. The van der Waals surface area contributed by atoms with Crippen molar-refractivity contribution in [3.05, 3.63) is 12.4 Å². The summed E-state index contributed by atoms with van der Waals surface area (Å²) in [7, 11) is 1.63. The lowest BCUT2D eigenvalue weighted by molar-refractivity contribution is 0.120. The molecule has 0 aliphatic carbocycles. The van der Waals surface area contributed by atoms with Gasteiger partial charge in [0.1, 0.15) is 6.73 Å². The van der Waals surface area contributed by atoms with E-state index in [1.807, 2.05) is 6.20 Å². The van der Waals surface area contributed by atoms with Crippen LogP contribution in [0.4, 0.5) is 5.69 Å². The molecule has 1 rings (SSSR count). The number of hydrogen-bond acceptors (Lipinski definition) is 3. The van der Waals surface area contributed by atoms with Gasteiger partial charge in [-0.15, -0.1) is 0 Å². The number of ether oxygens (including phenoxy) is 1. The molecule has 1 heterocycles. The van der Waals surface area contributed by atoms with Gasteiger partial charge in [0.2, 0.25) is 0 Å². The number of aromatic nitrogens is 2. The smallest absolute Gasteiger partial charge is 0.171 e. The third-order valence-electron chi connectivity index (χ3n) is 2.14. The van der Waals surface area contributed by atoms with Gasteiger partial charge in [0.25, 0.3) is 0 Å². The zero-order valence-corrected chi connectivity index (χ0v) is 10.7. The van der Waals surface area contributed by atoms with Gasteiger partial charge in [-0.2, -0.15) is 5.10 Å². The summed E-state index contributed by atoms with van der Waals surface area (Å²) in [6.45, 7) is 4.63. The fourth-order valence-corrected chi connectivity index (χ4v) is 1.44. The molecule has 0 amide bonds. The molecule has 0 radical (unpaired) electrons. The molecule has 1 unspecified atom stereocenters. The summed E-state index contributed by atoms with van der Waals surface area (Å²) < 4.78 is 6.64. The zero-order valence-electron chi connectivity index (χ0n) is 9.86. The van der Waals surface area contributed by atoms with E-state index in [-0.39, 0.29) is 0 Å². The Morgan fingerprint density at radius 3 is 3.06 bits per heavy atom. The number of rotatable bonds is 5. The highest BCUT2D eigenvalue weighted by Gasteiger charge is 2.03. The van der Waals surface area contributed by atoms with E-state index in [2.05, 4.69) is 29.6 Å². The monoisotopic (exact) mass is 242 g/mol. The van der Waals surface area contributed by atoms with E-state index in [1.165, 1.54) is 0 Å². The first-order chi connectivity index (χ1) is 7.65. The summed E-state index contributed by atoms with van der Waals surface area (Å²) in [6.07, 6.45) is 4.59. The van der Waals surface area contributed by atoms with Gasteiger partial charge in [-0.3, -0.25) is 0 Å². The highest BCUT2D eigenvalue weighted by Crippen LogP contribution is 2.04. The van der Waals surface area contributed by atoms with Crippen LogP contribution in [0.5, 0.6) is 0 Å². The predicted molar refractivity (Wildman–Crippen MR) is 68.3 cm³/mol. The lowest BCUT2D eigenvalue weighted by Gasteiger charge is -2.14. The Hall–Kier alpha value is -1.14. The van der Waals surface area contributed by atoms with Gasteiger partial charge < -0.3 is 15.4 Å². The Bertz CT molecular complexity index is 339. The summed E-state index contributed by atoms with van der Waals surface area (Å²) in [4.78, 5) is 0. The molecule has 2 N–H and O–H groups in total. The van der Waals surface area contributed by atoms with E-state index in [0.717, 1.165) is 12.1 Å². The molecule has 0 saturated carbocycles. The standard InChI is InChI=1S/C10H18N4OS/c1-4-8(2)12-10(16)13-9-5-11-14(6-9)7-15-3/h5-6,8H,4,7H2,1-3H3,(H2,12,13,16). The lowest BCUT2D eigenvalue weighted by Crippen LogP contribution is -2.35. The topological polar surface area (TPSA) is 51.1 Å². The highest BCUT2D eigenvalue weighted by atomic mass is 32.1. The minimum absolute atomic E-state index is 0.369. The second-order valence-corrected chi connectivity index (χ2v) is 4.00. The Morgan fingerprint density at radius 1 is 1.69 bits per heavy atom. The summed E-state index contributed by atoms with van der Waals surface area (Å²) in [5.41, 5.74) is 0.859. The molecule has 0 saturated heterocycles. The molecule has 0 spiro atoms. The third kappa shape index (κ3) is 4.16. The first-order valence-corrected chi connectivity index (χ1v) is 5.65. The third-order valence-corrected chi connectivity index (χ3v) is 2.36. The van der Waals surface area contributed by atoms with Gasteiger partial charge in [0.05, 0.1) is 18.1 Å². The van der Waals surface area contributed by atoms with Gasteiger partial charge in [0.15, 0.2) is 5.11 Å². The Morgan fingerprint density at radius 2 is 2.44 bits per heavy atom. The van der Waals surface area contributed by atoms with E-state index < -0.39 is 0 Å². The van der Waals surface area contributed by atoms with Crippen molar-refractivity contribution in [2.45, 2.75) is 33.0 Å². The molecule has 0 bridgehead atoms. The molecule has 1 aromatic rings. The van der Waals surface area contributed by atoms with Crippen LogP contribution in [0.2, 0.25) is 0 Å². The zero-order chi connectivity index (χ0) is 12.0. The minimum Gasteiger partial charge on any atom is -0.362 e. The SMILES string of the molecule is CCC(C)NC(=S)Nc1cnn(COC)c1. The molecular weight excluding hydrogens is 224 g/mol. The fourth-order valence-electron chi connectivity index (χ4n) is 1.12. The van der Waals surface area contributed by atoms with E-state index >= 15 is 0 Å². The Kier molecular flexibility index (Phi) is 5.21. The maximum absolute atomic E-state index is 5.16. The first kappa shape index (κ1) is 12.9. The number of anilines is 1. The van der Waals surface area contributed by atoms with Crippen LogP contribution in [-0.2, 0) is 11.5 Å². The number of nitrogens with zero attached hydrogens (tertiary/aromatic N) is 2. The van der Waals surface area contributed by atoms with Crippen LogP contribution in [0.3, 0.4) is 0 Å². The first-order valence-electron chi connectivity index (χ1n) is 5.24. The molecule has 1 atom stereocenters. The average Bonchev–Trinajstić information content (AvgIpc) is 2.65. The van der Waals surface area contributed by atoms with Crippen LogP contribution in [0.25, 0.3) is 0 Å². The summed E-state index contributed by atoms with van der Waals surface area (Å²) in [5.74, 6) is 0. The predicted octanol–water partition coefficient (Wildman–Crippen LogP) is 1.57. The minimum atomic E-state index is 0.369. The van der Waals surface area contributed by atoms with Crippen LogP contribution in [0, 0.1) is 0 Å². The number of methoxy groups -OCH3 is 1. The van der Waals surface area contributed by atoms with Crippen molar-refractivity contribution in [2.24, 2.45) is 0 Å². The van der Waals surface area contributed by atoms with Crippen molar-refractivity contribution in [1.82, 2.24) is 15.1 Å². The second kappa shape index (κ2) is 6.44. The van der Waals surface area contributed by atoms with Gasteiger partial charge in [-0.25, -0.2) is 4.68 Å². The number of hydrogen-bond donors (Lipinski definition) is 2. The largest absolute Gasteiger partial charge is 0.362 e. The second-order valence-electron chi connectivity index (χ2n) is 3.59. The summed E-state index contributed by atoms with van der Waals surface area (Å²) in [6, 6.07) is 0.369. The van der Waals surface area contributed by atoms with Crippen molar-refractivity contribution in [1.29, 1.82) is 0 Å². The molecule has 1 aromatic heterocycles. The van der Waals surface area contributed by atoms with Crippen LogP contribution in [0.15, 0.2) is 12.4 Å². The van der Waals surface area contributed by atoms with Crippen molar-refractivity contribution in [3.8, 4) is 0 Å². The molecule has 90 valence electrons. The quantitative estimate of drug-likeness (QED) is 0.768. The maximum atomic E-state index is 5.16. The van der Waals surface area contributed by atoms with Gasteiger partial charge in [0, 0.05) is 13.2 Å². The van der Waals surface area contributed by atoms with Crippen LogP contribution >= 0.6 is 12.2 Å². The van der Waals surface area contributed by atoms with Crippen LogP contribution in [-0.4, -0.2) is 28.0 Å². The molecule has 5 nitrogen and oxygen atoms in total.